The van der Waals surface area contributed by atoms with Gasteiger partial charge in [0.15, 0.2) is 5.96 Å². The topological polar surface area (TPSA) is 62.9 Å². The lowest BCUT2D eigenvalue weighted by Gasteiger charge is -2.35. The van der Waals surface area contributed by atoms with E-state index in [4.69, 9.17) is 14.1 Å². The van der Waals surface area contributed by atoms with Crippen LogP contribution in [0.3, 0.4) is 0 Å². The van der Waals surface area contributed by atoms with Crippen LogP contribution in [0.25, 0.3) is 11.5 Å². The van der Waals surface area contributed by atoms with Gasteiger partial charge in [-0.25, -0.2) is 9.98 Å². The summed E-state index contributed by atoms with van der Waals surface area (Å²) in [5.74, 6) is 1.50. The van der Waals surface area contributed by atoms with Crippen LogP contribution < -0.4 is 5.32 Å². The number of aromatic nitrogens is 1. The maximum absolute atomic E-state index is 6.07. The number of nitrogens with one attached hydrogen (secondary N) is 1. The minimum Gasteiger partial charge on any atom is -0.444 e. The minimum atomic E-state index is 0. The third-order valence-corrected chi connectivity index (χ3v) is 5.20. The van der Waals surface area contributed by atoms with Crippen molar-refractivity contribution in [1.29, 1.82) is 0 Å². The first-order valence-corrected chi connectivity index (χ1v) is 10.4. The van der Waals surface area contributed by atoms with Gasteiger partial charge in [0.1, 0.15) is 18.1 Å². The molecule has 0 amide bonds. The first-order chi connectivity index (χ1) is 14.7. The quantitative estimate of drug-likeness (QED) is 0.291. The largest absolute Gasteiger partial charge is 0.444 e. The fourth-order valence-corrected chi connectivity index (χ4v) is 3.65. The molecule has 2 heterocycles. The van der Waals surface area contributed by atoms with E-state index in [1.54, 1.807) is 6.26 Å². The second-order valence-corrected chi connectivity index (χ2v) is 7.34. The van der Waals surface area contributed by atoms with Crippen LogP contribution in [0.15, 0.2) is 70.3 Å². The lowest BCUT2D eigenvalue weighted by atomic mass is 10.0. The average Bonchev–Trinajstić information content (AvgIpc) is 3.27. The van der Waals surface area contributed by atoms with Crippen LogP contribution in [0, 0.1) is 6.92 Å². The number of hydrogen-bond donors (Lipinski definition) is 1. The molecule has 1 saturated heterocycles. The van der Waals surface area contributed by atoms with Crippen LogP contribution >= 0.6 is 24.0 Å². The zero-order valence-corrected chi connectivity index (χ0v) is 20.3. The van der Waals surface area contributed by atoms with Crippen molar-refractivity contribution in [2.45, 2.75) is 26.5 Å². The Balaban J connectivity index is 0.00000272. The molecule has 2 aromatic carbocycles. The zero-order valence-electron chi connectivity index (χ0n) is 18.0. The number of oxazole rings is 1. The minimum absolute atomic E-state index is 0. The van der Waals surface area contributed by atoms with Gasteiger partial charge >= 0.3 is 0 Å². The number of benzene rings is 2. The van der Waals surface area contributed by atoms with Crippen molar-refractivity contribution < 1.29 is 9.15 Å². The highest BCUT2D eigenvalue weighted by atomic mass is 127. The Morgan fingerprint density at radius 1 is 1.16 bits per heavy atom. The van der Waals surface area contributed by atoms with E-state index in [0.717, 1.165) is 36.9 Å². The van der Waals surface area contributed by atoms with Crippen LogP contribution in [0.4, 0.5) is 0 Å². The van der Waals surface area contributed by atoms with E-state index < -0.39 is 0 Å². The molecule has 6 nitrogen and oxygen atoms in total. The second kappa shape index (κ2) is 11.3. The highest BCUT2D eigenvalue weighted by Gasteiger charge is 2.25. The first kappa shape index (κ1) is 23.3. The van der Waals surface area contributed by atoms with Crippen molar-refractivity contribution >= 4 is 29.9 Å². The summed E-state index contributed by atoms with van der Waals surface area (Å²) in [6.07, 6.45) is 1.73. The highest BCUT2D eigenvalue weighted by Crippen LogP contribution is 2.25. The molecule has 7 heteroatoms. The lowest BCUT2D eigenvalue weighted by Crippen LogP contribution is -2.48. The molecule has 1 unspecified atom stereocenters. The van der Waals surface area contributed by atoms with E-state index in [-0.39, 0.29) is 30.1 Å². The standard InChI is InChI=1S/C24H28N4O2.HI/c1-3-25-24(26-15-20-17-30-23(27-20)19-10-5-4-6-11-19)28-13-14-29-22(16-28)21-12-8-7-9-18(21)2;/h4-12,17,22H,3,13-16H2,1-2H3,(H,25,26);1H. The number of morpholine rings is 1. The monoisotopic (exact) mass is 532 g/mol. The molecule has 1 aromatic heterocycles. The molecule has 1 aliphatic heterocycles. The number of hydrogen-bond acceptors (Lipinski definition) is 4. The Morgan fingerprint density at radius 3 is 2.71 bits per heavy atom. The van der Waals surface area contributed by atoms with Gasteiger partial charge in [-0.1, -0.05) is 42.5 Å². The van der Waals surface area contributed by atoms with E-state index >= 15 is 0 Å². The predicted octanol–water partition coefficient (Wildman–Crippen LogP) is 4.81. The van der Waals surface area contributed by atoms with Gasteiger partial charge in [-0.2, -0.15) is 0 Å². The number of rotatable bonds is 5. The van der Waals surface area contributed by atoms with Crippen molar-refractivity contribution in [1.82, 2.24) is 15.2 Å². The molecule has 1 N–H and O–H groups in total. The summed E-state index contributed by atoms with van der Waals surface area (Å²) >= 11 is 0. The van der Waals surface area contributed by atoms with Gasteiger partial charge in [-0.15, -0.1) is 24.0 Å². The number of aryl methyl sites for hydroxylation is 1. The Bertz CT molecular complexity index is 990. The normalized spacial score (nSPS) is 16.6. The Morgan fingerprint density at radius 2 is 1.94 bits per heavy atom. The molecule has 0 bridgehead atoms. The molecular weight excluding hydrogens is 503 g/mol. The maximum atomic E-state index is 6.07. The van der Waals surface area contributed by atoms with E-state index in [9.17, 15) is 0 Å². The van der Waals surface area contributed by atoms with Crippen LogP contribution in [0.5, 0.6) is 0 Å². The molecule has 1 atom stereocenters. The third-order valence-electron chi connectivity index (χ3n) is 5.20. The molecule has 0 aliphatic carbocycles. The lowest BCUT2D eigenvalue weighted by molar-refractivity contribution is -0.00834. The number of guanidine groups is 1. The van der Waals surface area contributed by atoms with E-state index in [0.29, 0.717) is 19.0 Å². The number of halogens is 1. The van der Waals surface area contributed by atoms with Crippen LogP contribution in [0.2, 0.25) is 0 Å². The van der Waals surface area contributed by atoms with Crippen molar-refractivity contribution in [2.24, 2.45) is 4.99 Å². The molecular formula is C24H29IN4O2. The molecule has 164 valence electrons. The van der Waals surface area contributed by atoms with Gasteiger partial charge in [0, 0.05) is 18.7 Å². The third kappa shape index (κ3) is 5.86. The van der Waals surface area contributed by atoms with E-state index in [1.807, 2.05) is 30.3 Å². The van der Waals surface area contributed by atoms with Crippen molar-refractivity contribution in [3.05, 3.63) is 77.7 Å². The van der Waals surface area contributed by atoms with Gasteiger partial charge in [-0.3, -0.25) is 0 Å². The van der Waals surface area contributed by atoms with Crippen LogP contribution in [-0.4, -0.2) is 42.1 Å². The molecule has 3 aromatic rings. The zero-order chi connectivity index (χ0) is 20.8. The fraction of sp³-hybridized carbons (Fsp3) is 0.333. The summed E-state index contributed by atoms with van der Waals surface area (Å²) < 4.78 is 11.7. The Hall–Kier alpha value is -2.39. The van der Waals surface area contributed by atoms with Gasteiger partial charge < -0.3 is 19.4 Å². The maximum Gasteiger partial charge on any atom is 0.226 e. The van der Waals surface area contributed by atoms with Gasteiger partial charge in [-0.05, 0) is 37.1 Å². The van der Waals surface area contributed by atoms with Gasteiger partial charge in [0.2, 0.25) is 5.89 Å². The number of aliphatic imine (C=N–C) groups is 1. The molecule has 0 spiro atoms. The Labute approximate surface area is 200 Å². The van der Waals surface area contributed by atoms with Gasteiger partial charge in [0.05, 0.1) is 19.7 Å². The van der Waals surface area contributed by atoms with Crippen LogP contribution in [0.1, 0.15) is 29.8 Å². The number of nitrogens with zero attached hydrogens (tertiary/aromatic N) is 3. The van der Waals surface area contributed by atoms with Crippen molar-refractivity contribution in [2.75, 3.05) is 26.2 Å². The summed E-state index contributed by atoms with van der Waals surface area (Å²) in [6, 6.07) is 18.3. The molecule has 0 radical (unpaired) electrons. The summed E-state index contributed by atoms with van der Waals surface area (Å²) in [7, 11) is 0. The predicted molar refractivity (Wildman–Crippen MR) is 134 cm³/mol. The second-order valence-electron chi connectivity index (χ2n) is 7.34. The molecule has 31 heavy (non-hydrogen) atoms. The molecule has 1 aliphatic rings. The summed E-state index contributed by atoms with van der Waals surface area (Å²) in [6.45, 7) is 7.73. The summed E-state index contributed by atoms with van der Waals surface area (Å²) in [5, 5.41) is 3.41. The average molecular weight is 532 g/mol. The SMILES string of the molecule is CCNC(=NCc1coc(-c2ccccc2)n1)N1CCOC(c2ccccc2C)C1.I. The first-order valence-electron chi connectivity index (χ1n) is 10.4. The molecule has 1 fully saturated rings. The van der Waals surface area contributed by atoms with Crippen molar-refractivity contribution in [3.8, 4) is 11.5 Å². The number of ether oxygens (including phenoxy) is 1. The summed E-state index contributed by atoms with van der Waals surface area (Å²) in [5.41, 5.74) is 4.27. The smallest absolute Gasteiger partial charge is 0.226 e. The van der Waals surface area contributed by atoms with Crippen molar-refractivity contribution in [3.63, 3.8) is 0 Å². The molecule has 4 rings (SSSR count). The molecule has 0 saturated carbocycles. The van der Waals surface area contributed by atoms with Gasteiger partial charge in [0.25, 0.3) is 0 Å². The summed E-state index contributed by atoms with van der Waals surface area (Å²) in [4.78, 5) is 11.7. The van der Waals surface area contributed by atoms with Crippen LogP contribution in [-0.2, 0) is 11.3 Å². The van der Waals surface area contributed by atoms with E-state index in [2.05, 4.69) is 53.3 Å². The fourth-order valence-electron chi connectivity index (χ4n) is 3.65. The Kier molecular flexibility index (Phi) is 8.48. The van der Waals surface area contributed by atoms with E-state index in [1.165, 1.54) is 11.1 Å². The highest BCUT2D eigenvalue weighted by molar-refractivity contribution is 14.0.